The lowest BCUT2D eigenvalue weighted by Gasteiger charge is -2.45. The van der Waals surface area contributed by atoms with Crippen LogP contribution in [0.15, 0.2) is 42.6 Å². The first-order valence-electron chi connectivity index (χ1n) is 8.28. The molecule has 0 spiro atoms. The summed E-state index contributed by atoms with van der Waals surface area (Å²) < 4.78 is 13.6. The predicted molar refractivity (Wildman–Crippen MR) is 96.7 cm³/mol. The molecule has 24 heavy (non-hydrogen) atoms. The SMILES string of the molecule is CC1(C)CN(Cc2ccccc2)CCC1Nc1nccc(F)c1Cl. The van der Waals surface area contributed by atoms with Crippen LogP contribution in [0.4, 0.5) is 10.2 Å². The highest BCUT2D eigenvalue weighted by Crippen LogP contribution is 2.34. The summed E-state index contributed by atoms with van der Waals surface area (Å²) in [6, 6.07) is 12.0. The van der Waals surface area contributed by atoms with E-state index >= 15 is 0 Å². The van der Waals surface area contributed by atoms with Gasteiger partial charge in [-0.2, -0.15) is 0 Å². The molecule has 1 aliphatic rings. The molecule has 0 saturated carbocycles. The van der Waals surface area contributed by atoms with Gasteiger partial charge in [-0.3, -0.25) is 4.90 Å². The Morgan fingerprint density at radius 1 is 1.29 bits per heavy atom. The largest absolute Gasteiger partial charge is 0.365 e. The van der Waals surface area contributed by atoms with E-state index in [1.54, 1.807) is 0 Å². The fourth-order valence-electron chi connectivity index (χ4n) is 3.40. The minimum absolute atomic E-state index is 0.0321. The van der Waals surface area contributed by atoms with Crippen molar-refractivity contribution >= 4 is 17.4 Å². The van der Waals surface area contributed by atoms with Crippen LogP contribution in [-0.4, -0.2) is 29.0 Å². The lowest BCUT2D eigenvalue weighted by Crippen LogP contribution is -2.51. The number of hydrogen-bond acceptors (Lipinski definition) is 3. The predicted octanol–water partition coefficient (Wildman–Crippen LogP) is 4.59. The van der Waals surface area contributed by atoms with Gasteiger partial charge in [0.05, 0.1) is 0 Å². The van der Waals surface area contributed by atoms with Crippen molar-refractivity contribution in [1.29, 1.82) is 0 Å². The van der Waals surface area contributed by atoms with Crippen molar-refractivity contribution in [3.05, 3.63) is 59.0 Å². The molecular weight excluding hydrogens is 325 g/mol. The zero-order chi connectivity index (χ0) is 17.2. The van der Waals surface area contributed by atoms with Gasteiger partial charge in [0.15, 0.2) is 0 Å². The number of rotatable bonds is 4. The number of nitrogens with zero attached hydrogens (tertiary/aromatic N) is 2. The molecule has 1 atom stereocenters. The maximum absolute atomic E-state index is 13.6. The fraction of sp³-hybridized carbons (Fsp3) is 0.421. The highest BCUT2D eigenvalue weighted by molar-refractivity contribution is 6.33. The number of piperidine rings is 1. The monoisotopic (exact) mass is 347 g/mol. The molecule has 0 bridgehead atoms. The van der Waals surface area contributed by atoms with Gasteiger partial charge in [-0.05, 0) is 23.5 Å². The Kier molecular flexibility index (Phi) is 5.07. The zero-order valence-corrected chi connectivity index (χ0v) is 14.9. The number of aromatic nitrogens is 1. The summed E-state index contributed by atoms with van der Waals surface area (Å²) in [4.78, 5) is 6.66. The Balaban J connectivity index is 1.67. The number of hydrogen-bond donors (Lipinski definition) is 1. The van der Waals surface area contributed by atoms with E-state index in [1.165, 1.54) is 17.8 Å². The van der Waals surface area contributed by atoms with E-state index in [2.05, 4.69) is 53.3 Å². The Morgan fingerprint density at radius 2 is 2.04 bits per heavy atom. The van der Waals surface area contributed by atoms with Crippen molar-refractivity contribution in [3.63, 3.8) is 0 Å². The fourth-order valence-corrected chi connectivity index (χ4v) is 3.56. The van der Waals surface area contributed by atoms with Gasteiger partial charge < -0.3 is 5.32 Å². The lowest BCUT2D eigenvalue weighted by atomic mass is 9.79. The number of pyridine rings is 1. The Labute approximate surface area is 147 Å². The Morgan fingerprint density at radius 3 is 2.75 bits per heavy atom. The maximum Gasteiger partial charge on any atom is 0.148 e. The smallest absolute Gasteiger partial charge is 0.148 e. The summed E-state index contributed by atoms with van der Waals surface area (Å²) in [6.07, 6.45) is 2.41. The topological polar surface area (TPSA) is 28.2 Å². The first-order chi connectivity index (χ1) is 11.5. The highest BCUT2D eigenvalue weighted by Gasteiger charge is 2.36. The minimum atomic E-state index is -0.437. The standard InChI is InChI=1S/C19H23ClFN3/c1-19(2)13-24(12-14-6-4-3-5-7-14)11-9-16(19)23-18-17(20)15(21)8-10-22-18/h3-8,10,16H,9,11-13H2,1-2H3,(H,22,23). The van der Waals surface area contributed by atoms with Gasteiger partial charge in [0, 0.05) is 31.9 Å². The van der Waals surface area contributed by atoms with Crippen LogP contribution >= 0.6 is 11.6 Å². The maximum atomic E-state index is 13.6. The zero-order valence-electron chi connectivity index (χ0n) is 14.1. The third-order valence-corrected chi connectivity index (χ3v) is 5.07. The average Bonchev–Trinajstić information content (AvgIpc) is 2.54. The minimum Gasteiger partial charge on any atom is -0.365 e. The lowest BCUT2D eigenvalue weighted by molar-refractivity contribution is 0.0976. The molecule has 128 valence electrons. The van der Waals surface area contributed by atoms with E-state index < -0.39 is 5.82 Å². The van der Waals surface area contributed by atoms with Crippen molar-refractivity contribution < 1.29 is 4.39 Å². The van der Waals surface area contributed by atoms with Gasteiger partial charge in [0.25, 0.3) is 0 Å². The molecular formula is C19H23ClFN3. The second kappa shape index (κ2) is 7.08. The van der Waals surface area contributed by atoms with E-state index in [4.69, 9.17) is 11.6 Å². The van der Waals surface area contributed by atoms with Gasteiger partial charge in [0.2, 0.25) is 0 Å². The molecule has 1 aromatic carbocycles. The van der Waals surface area contributed by atoms with Crippen LogP contribution in [-0.2, 0) is 6.54 Å². The van der Waals surface area contributed by atoms with Crippen LogP contribution in [0.1, 0.15) is 25.8 Å². The van der Waals surface area contributed by atoms with E-state index in [0.717, 1.165) is 26.1 Å². The summed E-state index contributed by atoms with van der Waals surface area (Å²) >= 11 is 6.03. The van der Waals surface area contributed by atoms with E-state index in [9.17, 15) is 4.39 Å². The first kappa shape index (κ1) is 17.2. The number of likely N-dealkylation sites (tertiary alicyclic amines) is 1. The quantitative estimate of drug-likeness (QED) is 0.877. The summed E-state index contributed by atoms with van der Waals surface area (Å²) in [5, 5.41) is 3.42. The molecule has 1 saturated heterocycles. The molecule has 5 heteroatoms. The van der Waals surface area contributed by atoms with Crippen LogP contribution in [0.25, 0.3) is 0 Å². The van der Waals surface area contributed by atoms with Crippen molar-refractivity contribution in [2.75, 3.05) is 18.4 Å². The van der Waals surface area contributed by atoms with Gasteiger partial charge in [-0.25, -0.2) is 9.37 Å². The summed E-state index contributed by atoms with van der Waals surface area (Å²) in [7, 11) is 0. The number of benzene rings is 1. The molecule has 1 fully saturated rings. The molecule has 0 radical (unpaired) electrons. The normalized spacial score (nSPS) is 20.8. The van der Waals surface area contributed by atoms with Crippen LogP contribution in [0, 0.1) is 11.2 Å². The second-order valence-corrected chi connectivity index (χ2v) is 7.50. The first-order valence-corrected chi connectivity index (χ1v) is 8.66. The average molecular weight is 348 g/mol. The number of nitrogens with one attached hydrogen (secondary N) is 1. The van der Waals surface area contributed by atoms with Crippen molar-refractivity contribution in [1.82, 2.24) is 9.88 Å². The van der Waals surface area contributed by atoms with Gasteiger partial charge >= 0.3 is 0 Å². The van der Waals surface area contributed by atoms with Gasteiger partial charge in [0.1, 0.15) is 16.7 Å². The summed E-state index contributed by atoms with van der Waals surface area (Å²) in [5.74, 6) is -0.000243. The number of halogens is 2. The van der Waals surface area contributed by atoms with Crippen LogP contribution < -0.4 is 5.32 Å². The van der Waals surface area contributed by atoms with Gasteiger partial charge in [-0.15, -0.1) is 0 Å². The van der Waals surface area contributed by atoms with E-state index in [-0.39, 0.29) is 16.5 Å². The molecule has 1 aliphatic heterocycles. The number of anilines is 1. The molecule has 1 N–H and O–H groups in total. The Bertz CT molecular complexity index is 690. The third kappa shape index (κ3) is 3.87. The molecule has 0 aliphatic carbocycles. The summed E-state index contributed by atoms with van der Waals surface area (Å²) in [6.45, 7) is 7.37. The molecule has 3 rings (SSSR count). The van der Waals surface area contributed by atoms with E-state index in [0.29, 0.717) is 5.82 Å². The van der Waals surface area contributed by atoms with Crippen LogP contribution in [0.2, 0.25) is 5.02 Å². The third-order valence-electron chi connectivity index (χ3n) is 4.71. The van der Waals surface area contributed by atoms with Crippen LogP contribution in [0.5, 0.6) is 0 Å². The molecule has 0 amide bonds. The van der Waals surface area contributed by atoms with Crippen molar-refractivity contribution in [2.24, 2.45) is 5.41 Å². The molecule has 1 unspecified atom stereocenters. The second-order valence-electron chi connectivity index (χ2n) is 7.13. The molecule has 1 aromatic heterocycles. The highest BCUT2D eigenvalue weighted by atomic mass is 35.5. The van der Waals surface area contributed by atoms with Gasteiger partial charge in [-0.1, -0.05) is 55.8 Å². The molecule has 2 aromatic rings. The van der Waals surface area contributed by atoms with Crippen molar-refractivity contribution in [2.45, 2.75) is 32.9 Å². The van der Waals surface area contributed by atoms with E-state index in [1.807, 2.05) is 6.07 Å². The Hall–Kier alpha value is -1.65. The molecule has 2 heterocycles. The van der Waals surface area contributed by atoms with Crippen LogP contribution in [0.3, 0.4) is 0 Å². The summed E-state index contributed by atoms with van der Waals surface area (Å²) in [5.41, 5.74) is 1.36. The molecule has 3 nitrogen and oxygen atoms in total. The van der Waals surface area contributed by atoms with Crippen molar-refractivity contribution in [3.8, 4) is 0 Å².